The van der Waals surface area contributed by atoms with Crippen LogP contribution in [0.25, 0.3) is 11.4 Å². The van der Waals surface area contributed by atoms with E-state index in [1.54, 1.807) is 0 Å². The van der Waals surface area contributed by atoms with E-state index in [0.29, 0.717) is 36.2 Å². The Morgan fingerprint density at radius 2 is 1.57 bits per heavy atom. The molecule has 2 amide bonds. The number of piperidine rings is 1. The van der Waals surface area contributed by atoms with Crippen molar-refractivity contribution < 1.29 is 14.3 Å². The molecule has 1 aromatic heterocycles. The number of rotatable bonds is 7. The number of hydrogen-bond acceptors (Lipinski definition) is 8. The van der Waals surface area contributed by atoms with E-state index in [9.17, 15) is 9.59 Å². The van der Waals surface area contributed by atoms with Crippen LogP contribution in [0.1, 0.15) is 37.7 Å². The van der Waals surface area contributed by atoms with Gasteiger partial charge in [0.1, 0.15) is 17.4 Å². The predicted octanol–water partition coefficient (Wildman–Crippen LogP) is 4.53. The summed E-state index contributed by atoms with van der Waals surface area (Å²) in [4.78, 5) is 41.8. The molecule has 4 aliphatic rings. The maximum absolute atomic E-state index is 12.7. The summed E-state index contributed by atoms with van der Waals surface area (Å²) < 4.78 is 5.85. The fourth-order valence-electron chi connectivity index (χ4n) is 6.91. The Balaban J connectivity index is 1.10. The number of carbonyl (C=O) groups excluding carboxylic acids is 2. The number of ether oxygens (including phenoxy) is 1. The first-order valence-electron chi connectivity index (χ1n) is 14.9. The summed E-state index contributed by atoms with van der Waals surface area (Å²) in [5, 5.41) is 5.81. The second-order valence-electron chi connectivity index (χ2n) is 12.2. The molecular weight excluding hydrogens is 530 g/mol. The van der Waals surface area contributed by atoms with Gasteiger partial charge >= 0.3 is 6.03 Å². The number of Topliss-reactive ketones (excluding diaryl/α,β-unsaturated/α-hetero) is 1. The second kappa shape index (κ2) is 11.0. The highest BCUT2D eigenvalue weighted by atomic mass is 16.5. The summed E-state index contributed by atoms with van der Waals surface area (Å²) in [6.45, 7) is 2.41. The van der Waals surface area contributed by atoms with Gasteiger partial charge in [0.05, 0.1) is 18.8 Å². The van der Waals surface area contributed by atoms with Crippen molar-refractivity contribution in [3.05, 3.63) is 60.2 Å². The quantitative estimate of drug-likeness (QED) is 0.430. The zero-order chi connectivity index (χ0) is 28.8. The van der Waals surface area contributed by atoms with Crippen molar-refractivity contribution in [3.63, 3.8) is 0 Å². The monoisotopic (exact) mass is 567 g/mol. The number of ketones is 1. The Labute approximate surface area is 246 Å². The number of benzene rings is 2. The first-order valence-corrected chi connectivity index (χ1v) is 14.9. The molecule has 3 aromatic rings. The highest BCUT2D eigenvalue weighted by Crippen LogP contribution is 2.40. The lowest BCUT2D eigenvalue weighted by Crippen LogP contribution is -2.44. The number of morpholine rings is 1. The number of carbonyl (C=O) groups is 2. The third-order valence-corrected chi connectivity index (χ3v) is 8.82. The summed E-state index contributed by atoms with van der Waals surface area (Å²) in [6.07, 6.45) is 4.52. The van der Waals surface area contributed by atoms with Crippen molar-refractivity contribution in [2.75, 3.05) is 47.7 Å². The van der Waals surface area contributed by atoms with Crippen LogP contribution < -0.4 is 20.4 Å². The van der Waals surface area contributed by atoms with Crippen molar-refractivity contribution in [3.8, 4) is 11.4 Å². The third-order valence-electron chi connectivity index (χ3n) is 8.82. The molecule has 4 saturated heterocycles. The van der Waals surface area contributed by atoms with Gasteiger partial charge in [-0.1, -0.05) is 12.1 Å². The van der Waals surface area contributed by atoms with E-state index in [4.69, 9.17) is 14.7 Å². The van der Waals surface area contributed by atoms with Crippen LogP contribution >= 0.6 is 0 Å². The van der Waals surface area contributed by atoms with Crippen LogP contribution in [0.15, 0.2) is 54.6 Å². The van der Waals surface area contributed by atoms with E-state index < -0.39 is 0 Å². The molecule has 4 bridgehead atoms. The molecule has 2 unspecified atom stereocenters. The van der Waals surface area contributed by atoms with Gasteiger partial charge in [0.25, 0.3) is 0 Å². The number of nitrogens with one attached hydrogen (secondary N) is 2. The standard InChI is InChI=1S/C32H37N7O3/c1-37(2)17-20-3-7-22(8-4-20)33-32(41)34-23-9-5-21(6-10-23)31-35-29(38-18-28-15-26(38)19-42-28)16-30(36-31)39-24-11-12-25(39)14-27(40)13-24/h3-10,16,24-26,28H,11-15,17-19H2,1-2H3,(H2,33,34,41)/t24?,25?,26-,28-/m0/s1. The Bertz CT molecular complexity index is 1460. The topological polar surface area (TPSA) is 103 Å². The Morgan fingerprint density at radius 3 is 2.17 bits per heavy atom. The molecular formula is C32H37N7O3. The maximum atomic E-state index is 12.7. The zero-order valence-electron chi connectivity index (χ0n) is 24.1. The van der Waals surface area contributed by atoms with Crippen molar-refractivity contribution in [2.24, 2.45) is 0 Å². The van der Waals surface area contributed by atoms with E-state index in [0.717, 1.165) is 61.8 Å². The van der Waals surface area contributed by atoms with E-state index in [2.05, 4.69) is 31.4 Å². The highest BCUT2D eigenvalue weighted by molar-refractivity contribution is 5.99. The Hall–Kier alpha value is -4.02. The van der Waals surface area contributed by atoms with Crippen LogP contribution in [0.3, 0.4) is 0 Å². The average Bonchev–Trinajstić information content (AvgIpc) is 3.68. The predicted molar refractivity (Wildman–Crippen MR) is 163 cm³/mol. The van der Waals surface area contributed by atoms with Crippen molar-refractivity contribution in [1.29, 1.82) is 0 Å². The normalized spacial score (nSPS) is 24.5. The molecule has 2 aromatic carbocycles. The van der Waals surface area contributed by atoms with Crippen LogP contribution in [-0.2, 0) is 16.1 Å². The summed E-state index contributed by atoms with van der Waals surface area (Å²) in [6, 6.07) is 18.0. The first-order chi connectivity index (χ1) is 20.4. The minimum absolute atomic E-state index is 0.208. The summed E-state index contributed by atoms with van der Waals surface area (Å²) in [7, 11) is 4.06. The Kier molecular flexibility index (Phi) is 7.03. The van der Waals surface area contributed by atoms with Gasteiger partial charge in [0.2, 0.25) is 0 Å². The number of fused-ring (bicyclic) bond motifs is 4. The van der Waals surface area contributed by atoms with Gasteiger partial charge in [-0.15, -0.1) is 0 Å². The molecule has 7 rings (SSSR count). The molecule has 0 saturated carbocycles. The SMILES string of the molecule is CN(C)Cc1ccc(NC(=O)Nc2ccc(-c3nc(N4C5CCC4CC(=O)C5)cc(N4C[C@@H]5C[C@H]4CO5)n3)cc2)cc1. The average molecular weight is 568 g/mol. The summed E-state index contributed by atoms with van der Waals surface area (Å²) in [5.74, 6) is 2.82. The largest absolute Gasteiger partial charge is 0.374 e. The molecule has 218 valence electrons. The van der Waals surface area contributed by atoms with Crippen molar-refractivity contribution in [2.45, 2.75) is 62.9 Å². The minimum Gasteiger partial charge on any atom is -0.374 e. The van der Waals surface area contributed by atoms with Crippen LogP contribution in [0, 0.1) is 0 Å². The first kappa shape index (κ1) is 26.9. The van der Waals surface area contributed by atoms with E-state index >= 15 is 0 Å². The number of aromatic nitrogens is 2. The second-order valence-corrected chi connectivity index (χ2v) is 12.2. The Morgan fingerprint density at radius 1 is 0.929 bits per heavy atom. The lowest BCUT2D eigenvalue weighted by Gasteiger charge is -2.36. The van der Waals surface area contributed by atoms with Crippen LogP contribution in [-0.4, -0.2) is 78.2 Å². The minimum atomic E-state index is -0.301. The van der Waals surface area contributed by atoms with Crippen LogP contribution in [0.2, 0.25) is 0 Å². The molecule has 2 N–H and O–H groups in total. The number of hydrogen-bond donors (Lipinski definition) is 2. The van der Waals surface area contributed by atoms with Gasteiger partial charge in [-0.2, -0.15) is 0 Å². The van der Waals surface area contributed by atoms with Gasteiger partial charge in [-0.05, 0) is 75.3 Å². The van der Waals surface area contributed by atoms with Crippen LogP contribution in [0.5, 0.6) is 0 Å². The third kappa shape index (κ3) is 5.44. The number of nitrogens with zero attached hydrogens (tertiary/aromatic N) is 5. The smallest absolute Gasteiger partial charge is 0.323 e. The molecule has 4 atom stereocenters. The zero-order valence-corrected chi connectivity index (χ0v) is 24.1. The highest BCUT2D eigenvalue weighted by Gasteiger charge is 2.43. The van der Waals surface area contributed by atoms with Gasteiger partial charge in [0, 0.05) is 61.0 Å². The molecule has 4 fully saturated rings. The van der Waals surface area contributed by atoms with Gasteiger partial charge in [0.15, 0.2) is 5.82 Å². The lowest BCUT2D eigenvalue weighted by atomic mass is 10.0. The molecule has 0 aliphatic carbocycles. The van der Waals surface area contributed by atoms with Crippen molar-refractivity contribution in [1.82, 2.24) is 14.9 Å². The number of anilines is 4. The fourth-order valence-corrected chi connectivity index (χ4v) is 6.91. The number of urea groups is 1. The lowest BCUT2D eigenvalue weighted by molar-refractivity contribution is -0.120. The van der Waals surface area contributed by atoms with Gasteiger partial charge < -0.3 is 30.1 Å². The van der Waals surface area contributed by atoms with Gasteiger partial charge in [-0.3, -0.25) is 4.79 Å². The molecule has 4 aliphatic heterocycles. The molecule has 10 nitrogen and oxygen atoms in total. The van der Waals surface area contributed by atoms with E-state index in [1.165, 1.54) is 5.56 Å². The van der Waals surface area contributed by atoms with Gasteiger partial charge in [-0.25, -0.2) is 14.8 Å². The molecule has 42 heavy (non-hydrogen) atoms. The fraction of sp³-hybridized carbons (Fsp3) is 0.438. The molecule has 10 heteroatoms. The maximum Gasteiger partial charge on any atom is 0.323 e. The molecule has 0 radical (unpaired) electrons. The van der Waals surface area contributed by atoms with Crippen LogP contribution in [0.4, 0.5) is 27.8 Å². The molecule has 0 spiro atoms. The molecule has 5 heterocycles. The number of amides is 2. The van der Waals surface area contributed by atoms with E-state index in [1.807, 2.05) is 62.6 Å². The van der Waals surface area contributed by atoms with Crippen molar-refractivity contribution >= 4 is 34.8 Å². The summed E-state index contributed by atoms with van der Waals surface area (Å²) in [5.41, 5.74) is 3.47. The summed E-state index contributed by atoms with van der Waals surface area (Å²) >= 11 is 0. The van der Waals surface area contributed by atoms with E-state index in [-0.39, 0.29) is 24.2 Å².